The third-order valence-electron chi connectivity index (χ3n) is 2.03. The van der Waals surface area contributed by atoms with Crippen LogP contribution in [-0.2, 0) is 6.54 Å². The summed E-state index contributed by atoms with van der Waals surface area (Å²) in [6.07, 6.45) is 0. The number of thiocarbonyl (C=S) groups is 1. The molecular weight excluding hydrogens is 394 g/mol. The normalized spacial score (nSPS) is 10.3. The molecule has 1 rings (SSSR count). The summed E-state index contributed by atoms with van der Waals surface area (Å²) in [5.41, 5.74) is 0.134. The van der Waals surface area contributed by atoms with E-state index in [9.17, 15) is 8.78 Å². The lowest BCUT2D eigenvalue weighted by molar-refractivity contribution is 0.300. The molecule has 0 amide bonds. The van der Waals surface area contributed by atoms with Crippen LogP contribution >= 0.6 is 44.1 Å². The maximum atomic E-state index is 13.6. The van der Waals surface area contributed by atoms with Gasteiger partial charge in [0.25, 0.3) is 0 Å². The van der Waals surface area contributed by atoms with Gasteiger partial charge < -0.3 is 15.7 Å². The largest absolute Gasteiger partial charge is 0.395 e. The molecule has 0 spiro atoms. The first kappa shape index (κ1) is 15.7. The molecule has 100 valence electrons. The molecule has 3 N–H and O–H groups in total. The molecular formula is C10H10Br2F2N2OS. The van der Waals surface area contributed by atoms with Crippen molar-refractivity contribution in [2.24, 2.45) is 0 Å². The first-order chi connectivity index (χ1) is 8.47. The molecule has 0 aliphatic carbocycles. The van der Waals surface area contributed by atoms with Crippen LogP contribution in [0.3, 0.4) is 0 Å². The molecule has 8 heteroatoms. The van der Waals surface area contributed by atoms with E-state index in [1.165, 1.54) is 0 Å². The fraction of sp³-hybridized carbons (Fsp3) is 0.300. The maximum Gasteiger partial charge on any atom is 0.166 e. The highest BCUT2D eigenvalue weighted by Gasteiger charge is 2.15. The Kier molecular flexibility index (Phi) is 6.40. The molecule has 0 fully saturated rings. The topological polar surface area (TPSA) is 44.3 Å². The fourth-order valence-corrected chi connectivity index (χ4v) is 2.22. The van der Waals surface area contributed by atoms with Crippen LogP contribution in [0.15, 0.2) is 15.0 Å². The highest BCUT2D eigenvalue weighted by Crippen LogP contribution is 2.30. The van der Waals surface area contributed by atoms with E-state index < -0.39 is 11.6 Å². The molecule has 18 heavy (non-hydrogen) atoms. The quantitative estimate of drug-likeness (QED) is 0.533. The van der Waals surface area contributed by atoms with Crippen molar-refractivity contribution in [1.29, 1.82) is 0 Å². The van der Waals surface area contributed by atoms with E-state index in [0.29, 0.717) is 15.5 Å². The Morgan fingerprint density at radius 3 is 2.61 bits per heavy atom. The zero-order valence-electron chi connectivity index (χ0n) is 9.07. The number of nitrogens with one attached hydrogen (secondary N) is 2. The Balaban J connectivity index is 2.76. The lowest BCUT2D eigenvalue weighted by Gasteiger charge is -2.12. The fourth-order valence-electron chi connectivity index (χ4n) is 1.18. The zero-order chi connectivity index (χ0) is 13.7. The summed E-state index contributed by atoms with van der Waals surface area (Å²) in [6, 6.07) is 1.05. The SMILES string of the molecule is OCCNC(=S)NCc1c(F)c(F)cc(Br)c1Br. The van der Waals surface area contributed by atoms with Gasteiger partial charge in [-0.05, 0) is 50.1 Å². The molecule has 0 bridgehead atoms. The number of halogens is 4. The standard InChI is InChI=1S/C10H10Br2F2N2OS/c11-6-3-7(13)9(14)5(8(6)12)4-16-10(18)15-1-2-17/h3,17H,1-2,4H2,(H2,15,16,18). The summed E-state index contributed by atoms with van der Waals surface area (Å²) in [6.45, 7) is 0.258. The maximum absolute atomic E-state index is 13.6. The molecule has 0 aromatic heterocycles. The minimum absolute atomic E-state index is 0.0278. The summed E-state index contributed by atoms with van der Waals surface area (Å²) in [5.74, 6) is -1.86. The summed E-state index contributed by atoms with van der Waals surface area (Å²) < 4.78 is 27.6. The van der Waals surface area contributed by atoms with Crippen LogP contribution in [0.5, 0.6) is 0 Å². The van der Waals surface area contributed by atoms with Gasteiger partial charge in [0.15, 0.2) is 16.7 Å². The summed E-state index contributed by atoms with van der Waals surface area (Å²) in [5, 5.41) is 14.3. The van der Waals surface area contributed by atoms with Gasteiger partial charge in [-0.25, -0.2) is 8.78 Å². The lowest BCUT2D eigenvalue weighted by Crippen LogP contribution is -2.36. The zero-order valence-corrected chi connectivity index (χ0v) is 13.1. The van der Waals surface area contributed by atoms with Gasteiger partial charge in [-0.3, -0.25) is 0 Å². The molecule has 0 saturated heterocycles. The molecule has 0 atom stereocenters. The van der Waals surface area contributed by atoms with Crippen LogP contribution in [0.2, 0.25) is 0 Å². The molecule has 0 unspecified atom stereocenters. The van der Waals surface area contributed by atoms with Gasteiger partial charge >= 0.3 is 0 Å². The number of rotatable bonds is 4. The summed E-state index contributed by atoms with van der Waals surface area (Å²) in [4.78, 5) is 0. The average Bonchev–Trinajstić information content (AvgIpc) is 2.34. The third kappa shape index (κ3) is 4.11. The minimum Gasteiger partial charge on any atom is -0.395 e. The van der Waals surface area contributed by atoms with E-state index in [1.54, 1.807) is 0 Å². The summed E-state index contributed by atoms with van der Waals surface area (Å²) >= 11 is 11.2. The third-order valence-corrected chi connectivity index (χ3v) is 4.38. The minimum atomic E-state index is -0.934. The molecule has 0 aliphatic rings. The van der Waals surface area contributed by atoms with Crippen molar-refractivity contribution >= 4 is 49.2 Å². The first-order valence-corrected chi connectivity index (χ1v) is 6.91. The van der Waals surface area contributed by atoms with E-state index in [-0.39, 0.29) is 23.8 Å². The van der Waals surface area contributed by atoms with Crippen molar-refractivity contribution in [1.82, 2.24) is 10.6 Å². The van der Waals surface area contributed by atoms with E-state index in [1.807, 2.05) is 0 Å². The van der Waals surface area contributed by atoms with Gasteiger partial charge in [0.05, 0.1) is 6.61 Å². The van der Waals surface area contributed by atoms with E-state index in [0.717, 1.165) is 6.07 Å². The lowest BCUT2D eigenvalue weighted by atomic mass is 10.2. The Labute approximate surface area is 125 Å². The molecule has 0 heterocycles. The van der Waals surface area contributed by atoms with Gasteiger partial charge in [-0.1, -0.05) is 0 Å². The Hall–Kier alpha value is -0.310. The molecule has 1 aromatic carbocycles. The van der Waals surface area contributed by atoms with Crippen molar-refractivity contribution < 1.29 is 13.9 Å². The number of hydrogen-bond acceptors (Lipinski definition) is 2. The van der Waals surface area contributed by atoms with Crippen LogP contribution in [0.1, 0.15) is 5.56 Å². The predicted molar refractivity (Wildman–Crippen MR) is 76.3 cm³/mol. The number of hydrogen-bond donors (Lipinski definition) is 3. The highest BCUT2D eigenvalue weighted by atomic mass is 79.9. The second-order valence-corrected chi connectivity index (χ2v) is 5.34. The Bertz CT molecular complexity index is 434. The van der Waals surface area contributed by atoms with Gasteiger partial charge in [-0.15, -0.1) is 0 Å². The van der Waals surface area contributed by atoms with Crippen molar-refractivity contribution in [3.63, 3.8) is 0 Å². The van der Waals surface area contributed by atoms with Gasteiger partial charge in [0.1, 0.15) is 0 Å². The van der Waals surface area contributed by atoms with Gasteiger partial charge in [0, 0.05) is 27.6 Å². The van der Waals surface area contributed by atoms with Crippen LogP contribution in [0.4, 0.5) is 8.78 Å². The monoisotopic (exact) mass is 402 g/mol. The van der Waals surface area contributed by atoms with Crippen LogP contribution in [0.25, 0.3) is 0 Å². The van der Waals surface area contributed by atoms with Crippen molar-refractivity contribution in [2.75, 3.05) is 13.2 Å². The van der Waals surface area contributed by atoms with Crippen molar-refractivity contribution in [3.05, 3.63) is 32.2 Å². The van der Waals surface area contributed by atoms with E-state index >= 15 is 0 Å². The molecule has 3 nitrogen and oxygen atoms in total. The highest BCUT2D eigenvalue weighted by molar-refractivity contribution is 9.13. The molecule has 0 radical (unpaired) electrons. The second-order valence-electron chi connectivity index (χ2n) is 3.28. The van der Waals surface area contributed by atoms with E-state index in [2.05, 4.69) is 42.5 Å². The number of aliphatic hydroxyl groups is 1. The number of aliphatic hydroxyl groups excluding tert-OH is 1. The van der Waals surface area contributed by atoms with Crippen molar-refractivity contribution in [3.8, 4) is 0 Å². The Morgan fingerprint density at radius 1 is 1.33 bits per heavy atom. The molecule has 0 aliphatic heterocycles. The predicted octanol–water partition coefficient (Wildman–Crippen LogP) is 2.45. The van der Waals surface area contributed by atoms with Crippen LogP contribution < -0.4 is 10.6 Å². The smallest absolute Gasteiger partial charge is 0.166 e. The molecule has 0 saturated carbocycles. The van der Waals surface area contributed by atoms with Crippen LogP contribution in [0, 0.1) is 11.6 Å². The summed E-state index contributed by atoms with van der Waals surface area (Å²) in [7, 11) is 0. The van der Waals surface area contributed by atoms with Crippen molar-refractivity contribution in [2.45, 2.75) is 6.54 Å². The first-order valence-electron chi connectivity index (χ1n) is 4.91. The van der Waals surface area contributed by atoms with Gasteiger partial charge in [0.2, 0.25) is 0 Å². The molecule has 1 aromatic rings. The second kappa shape index (κ2) is 7.32. The number of benzene rings is 1. The van der Waals surface area contributed by atoms with Crippen LogP contribution in [-0.4, -0.2) is 23.4 Å². The van der Waals surface area contributed by atoms with Gasteiger partial charge in [-0.2, -0.15) is 0 Å². The average molecular weight is 404 g/mol. The Morgan fingerprint density at radius 2 is 2.00 bits per heavy atom. The van der Waals surface area contributed by atoms with E-state index in [4.69, 9.17) is 17.3 Å².